The van der Waals surface area contributed by atoms with Crippen LogP contribution in [-0.2, 0) is 4.79 Å². The molecule has 0 atom stereocenters. The number of hydrogen-bond acceptors (Lipinski definition) is 3. The highest BCUT2D eigenvalue weighted by atomic mass is 16.3. The number of likely N-dealkylation sites (tertiary alicyclic amines) is 2. The van der Waals surface area contributed by atoms with E-state index in [9.17, 15) is 9.59 Å². The Morgan fingerprint density at radius 1 is 0.963 bits per heavy atom. The minimum atomic E-state index is -0.0543. The van der Waals surface area contributed by atoms with E-state index in [1.807, 2.05) is 41.0 Å². The van der Waals surface area contributed by atoms with Gasteiger partial charge in [0.25, 0.3) is 5.91 Å². The van der Waals surface area contributed by atoms with Crippen LogP contribution in [0.4, 0.5) is 0 Å². The predicted molar refractivity (Wildman–Crippen MR) is 105 cm³/mol. The molecule has 3 heterocycles. The molecule has 4 rings (SSSR count). The lowest BCUT2D eigenvalue weighted by atomic mass is 9.92. The van der Waals surface area contributed by atoms with E-state index < -0.39 is 0 Å². The Morgan fingerprint density at radius 3 is 2.26 bits per heavy atom. The van der Waals surface area contributed by atoms with E-state index >= 15 is 0 Å². The standard InChI is InChI=1S/C22H28N2O3/c1-15-7-11-23(12-8-15)21(25)17-9-13-24(14-10-17)22(26)20-16(2)18-5-3-4-6-19(18)27-20/h3-6,15,17H,7-14H2,1-2H3. The molecule has 0 bridgehead atoms. The van der Waals surface area contributed by atoms with Gasteiger partial charge in [-0.2, -0.15) is 0 Å². The number of nitrogens with zero attached hydrogens (tertiary/aromatic N) is 2. The van der Waals surface area contributed by atoms with Crippen molar-refractivity contribution in [3.63, 3.8) is 0 Å². The molecule has 0 unspecified atom stereocenters. The Morgan fingerprint density at radius 2 is 1.59 bits per heavy atom. The third-order valence-corrected chi connectivity index (χ3v) is 6.26. The Labute approximate surface area is 160 Å². The van der Waals surface area contributed by atoms with E-state index in [4.69, 9.17) is 4.42 Å². The number of carbonyl (C=O) groups is 2. The Hall–Kier alpha value is -2.30. The fraction of sp³-hybridized carbons (Fsp3) is 0.545. The molecule has 2 aliphatic rings. The number of piperidine rings is 2. The van der Waals surface area contributed by atoms with Crippen molar-refractivity contribution < 1.29 is 14.0 Å². The first-order valence-electron chi connectivity index (χ1n) is 10.1. The molecule has 2 fully saturated rings. The zero-order valence-corrected chi connectivity index (χ0v) is 16.2. The van der Waals surface area contributed by atoms with Crippen molar-refractivity contribution in [3.8, 4) is 0 Å². The van der Waals surface area contributed by atoms with E-state index in [-0.39, 0.29) is 17.7 Å². The molecule has 2 aromatic rings. The second-order valence-electron chi connectivity index (χ2n) is 8.13. The summed E-state index contributed by atoms with van der Waals surface area (Å²) in [6.07, 6.45) is 3.70. The number of hydrogen-bond donors (Lipinski definition) is 0. The van der Waals surface area contributed by atoms with Gasteiger partial charge >= 0.3 is 0 Å². The van der Waals surface area contributed by atoms with E-state index in [1.54, 1.807) is 0 Å². The number of carbonyl (C=O) groups excluding carboxylic acids is 2. The molecule has 0 radical (unpaired) electrons. The SMILES string of the molecule is Cc1c(C(=O)N2CCC(C(=O)N3CCC(C)CC3)CC2)oc2ccccc12. The van der Waals surface area contributed by atoms with E-state index in [0.29, 0.717) is 18.8 Å². The normalized spacial score (nSPS) is 19.6. The number of rotatable bonds is 2. The van der Waals surface area contributed by atoms with Crippen LogP contribution in [0.15, 0.2) is 28.7 Å². The minimum Gasteiger partial charge on any atom is -0.451 e. The first-order chi connectivity index (χ1) is 13.0. The summed E-state index contributed by atoms with van der Waals surface area (Å²) in [5, 5.41) is 0.991. The maximum Gasteiger partial charge on any atom is 0.289 e. The molecular weight excluding hydrogens is 340 g/mol. The molecular formula is C22H28N2O3. The average molecular weight is 368 g/mol. The lowest BCUT2D eigenvalue weighted by Crippen LogP contribution is -2.46. The van der Waals surface area contributed by atoms with Gasteiger partial charge in [-0.25, -0.2) is 0 Å². The van der Waals surface area contributed by atoms with Gasteiger partial charge in [0.15, 0.2) is 5.76 Å². The third kappa shape index (κ3) is 3.47. The minimum absolute atomic E-state index is 0.0543. The lowest BCUT2D eigenvalue weighted by Gasteiger charge is -2.36. The molecule has 1 aromatic carbocycles. The Bertz CT molecular complexity index is 840. The van der Waals surface area contributed by atoms with Gasteiger partial charge in [-0.1, -0.05) is 25.1 Å². The van der Waals surface area contributed by atoms with Crippen LogP contribution in [-0.4, -0.2) is 47.8 Å². The summed E-state index contributed by atoms with van der Waals surface area (Å²) in [6.45, 7) is 7.21. The maximum absolute atomic E-state index is 12.9. The van der Waals surface area contributed by atoms with Crippen molar-refractivity contribution in [1.82, 2.24) is 9.80 Å². The molecule has 2 saturated heterocycles. The zero-order chi connectivity index (χ0) is 19.0. The highest BCUT2D eigenvalue weighted by molar-refractivity contribution is 5.99. The molecule has 2 amide bonds. The van der Waals surface area contributed by atoms with Gasteiger partial charge in [0.2, 0.25) is 5.91 Å². The van der Waals surface area contributed by atoms with Crippen LogP contribution in [0.3, 0.4) is 0 Å². The van der Waals surface area contributed by atoms with Crippen molar-refractivity contribution in [2.75, 3.05) is 26.2 Å². The van der Waals surface area contributed by atoms with Gasteiger partial charge in [0, 0.05) is 43.0 Å². The quantitative estimate of drug-likeness (QED) is 0.809. The van der Waals surface area contributed by atoms with Crippen LogP contribution in [0.2, 0.25) is 0 Å². The number of para-hydroxylation sites is 1. The van der Waals surface area contributed by atoms with Crippen LogP contribution in [0.5, 0.6) is 0 Å². The van der Waals surface area contributed by atoms with Gasteiger partial charge in [-0.3, -0.25) is 9.59 Å². The number of furan rings is 1. The molecule has 1 aromatic heterocycles. The first-order valence-corrected chi connectivity index (χ1v) is 10.1. The first kappa shape index (κ1) is 18.1. The molecule has 27 heavy (non-hydrogen) atoms. The summed E-state index contributed by atoms with van der Waals surface area (Å²) in [7, 11) is 0. The van der Waals surface area contributed by atoms with Gasteiger partial charge < -0.3 is 14.2 Å². The predicted octanol–water partition coefficient (Wildman–Crippen LogP) is 3.85. The molecule has 0 saturated carbocycles. The molecule has 5 nitrogen and oxygen atoms in total. The number of aryl methyl sites for hydroxylation is 1. The van der Waals surface area contributed by atoms with E-state index in [0.717, 1.165) is 61.2 Å². The summed E-state index contributed by atoms with van der Waals surface area (Å²) in [6, 6.07) is 7.74. The van der Waals surface area contributed by atoms with Gasteiger partial charge in [0.05, 0.1) is 0 Å². The fourth-order valence-electron chi connectivity index (χ4n) is 4.34. The number of amides is 2. The molecule has 0 aliphatic carbocycles. The Balaban J connectivity index is 1.39. The fourth-order valence-corrected chi connectivity index (χ4v) is 4.34. The topological polar surface area (TPSA) is 53.8 Å². The third-order valence-electron chi connectivity index (χ3n) is 6.26. The lowest BCUT2D eigenvalue weighted by molar-refractivity contribution is -0.138. The zero-order valence-electron chi connectivity index (χ0n) is 16.2. The maximum atomic E-state index is 12.9. The van der Waals surface area contributed by atoms with Crippen LogP contribution in [0, 0.1) is 18.8 Å². The largest absolute Gasteiger partial charge is 0.451 e. The summed E-state index contributed by atoms with van der Waals surface area (Å²) >= 11 is 0. The number of benzene rings is 1. The van der Waals surface area contributed by atoms with Gasteiger partial charge in [0.1, 0.15) is 5.58 Å². The monoisotopic (exact) mass is 368 g/mol. The highest BCUT2D eigenvalue weighted by Crippen LogP contribution is 2.28. The second-order valence-corrected chi connectivity index (χ2v) is 8.13. The number of fused-ring (bicyclic) bond motifs is 1. The van der Waals surface area contributed by atoms with E-state index in [2.05, 4.69) is 6.92 Å². The molecule has 144 valence electrons. The smallest absolute Gasteiger partial charge is 0.289 e. The van der Waals surface area contributed by atoms with Crippen molar-refractivity contribution in [2.24, 2.45) is 11.8 Å². The summed E-state index contributed by atoms with van der Waals surface area (Å²) in [5.74, 6) is 1.45. The van der Waals surface area contributed by atoms with Crippen LogP contribution < -0.4 is 0 Å². The Kier molecular flexibility index (Phi) is 4.94. The van der Waals surface area contributed by atoms with E-state index in [1.165, 1.54) is 0 Å². The van der Waals surface area contributed by atoms with Crippen LogP contribution in [0.1, 0.15) is 48.7 Å². The average Bonchev–Trinajstić information content (AvgIpc) is 3.04. The van der Waals surface area contributed by atoms with Crippen molar-refractivity contribution >= 4 is 22.8 Å². The molecule has 5 heteroatoms. The summed E-state index contributed by atoms with van der Waals surface area (Å²) in [5.41, 5.74) is 1.65. The van der Waals surface area contributed by atoms with Gasteiger partial charge in [-0.15, -0.1) is 0 Å². The van der Waals surface area contributed by atoms with Crippen molar-refractivity contribution in [3.05, 3.63) is 35.6 Å². The summed E-state index contributed by atoms with van der Waals surface area (Å²) in [4.78, 5) is 29.6. The van der Waals surface area contributed by atoms with Crippen LogP contribution >= 0.6 is 0 Å². The van der Waals surface area contributed by atoms with Crippen molar-refractivity contribution in [2.45, 2.75) is 39.5 Å². The molecule has 0 spiro atoms. The van der Waals surface area contributed by atoms with Crippen molar-refractivity contribution in [1.29, 1.82) is 0 Å². The molecule has 0 N–H and O–H groups in total. The van der Waals surface area contributed by atoms with Gasteiger partial charge in [-0.05, 0) is 44.6 Å². The highest BCUT2D eigenvalue weighted by Gasteiger charge is 2.33. The van der Waals surface area contributed by atoms with Crippen LogP contribution in [0.25, 0.3) is 11.0 Å². The summed E-state index contributed by atoms with van der Waals surface area (Å²) < 4.78 is 5.83. The second kappa shape index (κ2) is 7.37. The molecule has 2 aliphatic heterocycles.